The predicted octanol–water partition coefficient (Wildman–Crippen LogP) is -0.438. The number of hydrogen-bond donors (Lipinski definition) is 5. The molecule has 0 saturated carbocycles. The van der Waals surface area contributed by atoms with Gasteiger partial charge in [0.05, 0.1) is 11.6 Å². The Morgan fingerprint density at radius 3 is 2.41 bits per heavy atom. The monoisotopic (exact) mass is 481 g/mol. The van der Waals surface area contributed by atoms with Crippen molar-refractivity contribution in [3.63, 3.8) is 0 Å². The van der Waals surface area contributed by atoms with Gasteiger partial charge in [-0.15, -0.1) is 0 Å². The first kappa shape index (κ1) is 26.2. The molecule has 11 heteroatoms. The predicted molar refractivity (Wildman–Crippen MR) is 122 cm³/mol. The summed E-state index contributed by atoms with van der Waals surface area (Å²) in [5.41, 5.74) is 6.93. The summed E-state index contributed by atoms with van der Waals surface area (Å²) >= 11 is 0. The van der Waals surface area contributed by atoms with Crippen LogP contribution >= 0.6 is 0 Å². The molecule has 0 bridgehead atoms. The van der Waals surface area contributed by atoms with Crippen molar-refractivity contribution < 1.29 is 39.1 Å². The number of nitrogens with zero attached hydrogens (tertiary/aromatic N) is 1. The van der Waals surface area contributed by atoms with Crippen LogP contribution in [0.25, 0.3) is 0 Å². The maximum absolute atomic E-state index is 12.7. The maximum atomic E-state index is 12.7. The minimum atomic E-state index is -1.67. The largest absolute Gasteiger partial charge is 0.461 e. The zero-order chi connectivity index (χ0) is 25.2. The molecule has 0 unspecified atom stereocenters. The Bertz CT molecular complexity index is 874. The van der Waals surface area contributed by atoms with Crippen molar-refractivity contribution in [1.29, 1.82) is 0 Å². The van der Waals surface area contributed by atoms with Crippen LogP contribution in [0.2, 0.25) is 0 Å². The fraction of sp³-hybridized carbons (Fsp3) is 0.652. The lowest BCUT2D eigenvalue weighted by Crippen LogP contribution is -2.67. The molecule has 1 amide bonds. The van der Waals surface area contributed by atoms with E-state index in [0.717, 1.165) is 0 Å². The molecule has 0 spiro atoms. The molecule has 34 heavy (non-hydrogen) atoms. The Morgan fingerprint density at radius 2 is 1.82 bits per heavy atom. The molecule has 2 saturated heterocycles. The number of rotatable bonds is 8. The maximum Gasteiger partial charge on any atom is 0.308 e. The van der Waals surface area contributed by atoms with Gasteiger partial charge in [0.2, 0.25) is 6.29 Å². The number of benzene rings is 1. The number of nitrogens with one attached hydrogen (secondary N) is 1. The molecule has 2 heterocycles. The average molecular weight is 482 g/mol. The first-order valence-electron chi connectivity index (χ1n) is 11.4. The Labute approximate surface area is 198 Å². The van der Waals surface area contributed by atoms with Gasteiger partial charge in [-0.3, -0.25) is 9.59 Å². The number of aliphatic hydroxyl groups excluding tert-OH is 3. The highest BCUT2D eigenvalue weighted by molar-refractivity contribution is 5.82. The fourth-order valence-corrected chi connectivity index (χ4v) is 3.65. The van der Waals surface area contributed by atoms with Gasteiger partial charge in [0.1, 0.15) is 30.7 Å². The van der Waals surface area contributed by atoms with Crippen LogP contribution < -0.4 is 15.8 Å². The zero-order valence-electron chi connectivity index (χ0n) is 19.9. The molecule has 11 nitrogen and oxygen atoms in total. The third kappa shape index (κ3) is 5.97. The van der Waals surface area contributed by atoms with E-state index in [1.165, 1.54) is 4.90 Å². The second-order valence-corrected chi connectivity index (χ2v) is 9.41. The smallest absolute Gasteiger partial charge is 0.308 e. The third-order valence-corrected chi connectivity index (χ3v) is 5.62. The molecule has 0 aliphatic carbocycles. The number of carbonyl (C=O) groups is 2. The summed E-state index contributed by atoms with van der Waals surface area (Å²) < 4.78 is 16.8. The van der Waals surface area contributed by atoms with Crippen LogP contribution in [0.4, 0.5) is 5.69 Å². The number of amides is 1. The van der Waals surface area contributed by atoms with E-state index in [-0.39, 0.29) is 36.3 Å². The number of likely N-dealkylation sites (tertiary alicyclic amines) is 1. The summed E-state index contributed by atoms with van der Waals surface area (Å²) in [6.07, 6.45) is -7.78. The highest BCUT2D eigenvalue weighted by Gasteiger charge is 2.50. The van der Waals surface area contributed by atoms with Crippen LogP contribution in [0, 0.1) is 5.92 Å². The fourth-order valence-electron chi connectivity index (χ4n) is 3.65. The number of nitrogens with two attached hydrogens (primary N) is 1. The lowest BCUT2D eigenvalue weighted by atomic mass is 9.96. The first-order valence-corrected chi connectivity index (χ1v) is 11.4. The van der Waals surface area contributed by atoms with E-state index in [1.54, 1.807) is 32.0 Å². The van der Waals surface area contributed by atoms with Crippen molar-refractivity contribution >= 4 is 17.6 Å². The van der Waals surface area contributed by atoms with Crippen molar-refractivity contribution in [2.75, 3.05) is 18.4 Å². The first-order chi connectivity index (χ1) is 16.0. The molecule has 2 fully saturated rings. The van der Waals surface area contributed by atoms with E-state index in [4.69, 9.17) is 19.9 Å². The summed E-state index contributed by atoms with van der Waals surface area (Å²) in [6.45, 7) is 7.98. The highest BCUT2D eigenvalue weighted by Crippen LogP contribution is 2.32. The van der Waals surface area contributed by atoms with Gasteiger partial charge in [-0.05, 0) is 31.5 Å². The van der Waals surface area contributed by atoms with Gasteiger partial charge in [0, 0.05) is 25.2 Å². The molecule has 5 atom stereocenters. The van der Waals surface area contributed by atoms with Gasteiger partial charge in [-0.25, -0.2) is 0 Å². The normalized spacial score (nSPS) is 27.5. The van der Waals surface area contributed by atoms with E-state index >= 15 is 0 Å². The molecule has 1 aromatic rings. The van der Waals surface area contributed by atoms with Crippen molar-refractivity contribution in [2.24, 2.45) is 11.7 Å². The molecule has 3 rings (SSSR count). The highest BCUT2D eigenvalue weighted by atomic mass is 16.7. The van der Waals surface area contributed by atoms with Crippen LogP contribution in [0.15, 0.2) is 18.2 Å². The van der Waals surface area contributed by atoms with E-state index in [1.807, 2.05) is 13.8 Å². The van der Waals surface area contributed by atoms with Crippen molar-refractivity contribution in [3.8, 4) is 5.75 Å². The van der Waals surface area contributed by atoms with Crippen molar-refractivity contribution in [3.05, 3.63) is 23.8 Å². The van der Waals surface area contributed by atoms with E-state index in [0.29, 0.717) is 24.3 Å². The third-order valence-electron chi connectivity index (χ3n) is 5.62. The summed E-state index contributed by atoms with van der Waals surface area (Å²) in [5.74, 6) is -0.894. The topological polar surface area (TPSA) is 164 Å². The van der Waals surface area contributed by atoms with Crippen molar-refractivity contribution in [2.45, 2.75) is 77.1 Å². The quantitative estimate of drug-likeness (QED) is 0.308. The van der Waals surface area contributed by atoms with Crippen LogP contribution in [0.5, 0.6) is 5.75 Å². The van der Waals surface area contributed by atoms with Crippen LogP contribution in [-0.2, 0) is 25.7 Å². The Balaban J connectivity index is 1.80. The number of aliphatic hydroxyl groups is 3. The van der Waals surface area contributed by atoms with Gasteiger partial charge in [0.15, 0.2) is 6.10 Å². The van der Waals surface area contributed by atoms with Crippen LogP contribution in [-0.4, -0.2) is 88.0 Å². The van der Waals surface area contributed by atoms with Gasteiger partial charge < -0.3 is 45.5 Å². The Morgan fingerprint density at radius 1 is 1.15 bits per heavy atom. The minimum absolute atomic E-state index is 0.0150. The number of carbonyl (C=O) groups excluding carboxylic acids is 2. The van der Waals surface area contributed by atoms with Gasteiger partial charge in [-0.2, -0.15) is 0 Å². The minimum Gasteiger partial charge on any atom is -0.461 e. The molecule has 6 N–H and O–H groups in total. The number of hydrogen-bond acceptors (Lipinski definition) is 10. The SMILES string of the molecule is CC(C)Nc1ccc(COC(=O)C(C)C)cc1O[C@@H]1O[C@H](C(=O)N2CC(N)C2)[C@@H](O)[C@H](O)[C@H]1O. The Hall–Kier alpha value is -2.44. The molecular formula is C23H35N3O8. The summed E-state index contributed by atoms with van der Waals surface area (Å²) in [4.78, 5) is 26.0. The molecule has 1 aromatic carbocycles. The summed E-state index contributed by atoms with van der Waals surface area (Å²) in [5, 5.41) is 34.4. The van der Waals surface area contributed by atoms with Crippen molar-refractivity contribution in [1.82, 2.24) is 4.90 Å². The van der Waals surface area contributed by atoms with E-state index < -0.39 is 36.6 Å². The molecule has 2 aliphatic rings. The second kappa shape index (κ2) is 10.9. The number of anilines is 1. The molecule has 0 aromatic heterocycles. The van der Waals surface area contributed by atoms with Crippen LogP contribution in [0.1, 0.15) is 33.3 Å². The zero-order valence-corrected chi connectivity index (χ0v) is 19.9. The summed E-state index contributed by atoms with van der Waals surface area (Å²) in [7, 11) is 0. The molecular weight excluding hydrogens is 446 g/mol. The lowest BCUT2D eigenvalue weighted by Gasteiger charge is -2.44. The number of ether oxygens (including phenoxy) is 3. The molecule has 190 valence electrons. The summed E-state index contributed by atoms with van der Waals surface area (Å²) in [6, 6.07) is 5.02. The Kier molecular flexibility index (Phi) is 8.37. The van der Waals surface area contributed by atoms with Gasteiger partial charge in [-0.1, -0.05) is 19.9 Å². The second-order valence-electron chi connectivity index (χ2n) is 9.41. The van der Waals surface area contributed by atoms with Gasteiger partial charge in [0.25, 0.3) is 5.91 Å². The van der Waals surface area contributed by atoms with E-state index in [9.17, 15) is 24.9 Å². The number of esters is 1. The van der Waals surface area contributed by atoms with E-state index in [2.05, 4.69) is 5.32 Å². The molecule has 2 aliphatic heterocycles. The average Bonchev–Trinajstić information content (AvgIpc) is 2.76. The van der Waals surface area contributed by atoms with Crippen LogP contribution in [0.3, 0.4) is 0 Å². The molecule has 0 radical (unpaired) electrons. The van der Waals surface area contributed by atoms with Gasteiger partial charge >= 0.3 is 5.97 Å². The lowest BCUT2D eigenvalue weighted by molar-refractivity contribution is -0.269. The standard InChI is InChI=1S/C23H35N3O8/c1-11(2)22(31)32-10-13-5-6-15(25-12(3)4)16(7-13)33-23-19(29)17(27)18(28)20(34-23)21(30)26-8-14(24)9-26/h5-7,11-12,14,17-20,23,25,27-29H,8-10,24H2,1-4H3/t17-,18-,19+,20-,23+/m0/s1.